The molecule has 0 aliphatic heterocycles. The lowest BCUT2D eigenvalue weighted by atomic mass is 10.2. The van der Waals surface area contributed by atoms with Gasteiger partial charge in [-0.05, 0) is 61.4 Å². The lowest BCUT2D eigenvalue weighted by Crippen LogP contribution is -2.11. The van der Waals surface area contributed by atoms with Crippen molar-refractivity contribution in [2.45, 2.75) is 27.1 Å². The topological polar surface area (TPSA) is 76.7 Å². The number of nitrogens with one attached hydrogen (secondary N) is 2. The molecule has 0 radical (unpaired) electrons. The summed E-state index contributed by atoms with van der Waals surface area (Å²) in [6.45, 7) is 6.13. The molecule has 2 amide bonds. The zero-order valence-electron chi connectivity index (χ0n) is 17.6. The number of carbonyl (C=O) groups excluding carboxylic acids is 2. The highest BCUT2D eigenvalue weighted by atomic mass is 32.1. The van der Waals surface area contributed by atoms with Gasteiger partial charge in [0.2, 0.25) is 0 Å². The van der Waals surface area contributed by atoms with Gasteiger partial charge >= 0.3 is 0 Å². The number of rotatable bonds is 10. The third-order valence-corrected chi connectivity index (χ3v) is 5.45. The van der Waals surface area contributed by atoms with Gasteiger partial charge in [0.1, 0.15) is 0 Å². The van der Waals surface area contributed by atoms with Crippen molar-refractivity contribution in [3.63, 3.8) is 0 Å². The quantitative estimate of drug-likeness (QED) is 0.449. The molecule has 162 valence electrons. The zero-order chi connectivity index (χ0) is 22.1. The fourth-order valence-electron chi connectivity index (χ4n) is 2.88. The summed E-state index contributed by atoms with van der Waals surface area (Å²) < 4.78 is 10.8. The molecule has 0 aliphatic carbocycles. The van der Waals surface area contributed by atoms with Gasteiger partial charge in [0.15, 0.2) is 0 Å². The van der Waals surface area contributed by atoms with E-state index in [1.165, 1.54) is 0 Å². The molecule has 0 saturated heterocycles. The van der Waals surface area contributed by atoms with Crippen LogP contribution in [-0.2, 0) is 22.7 Å². The van der Waals surface area contributed by atoms with Crippen LogP contribution in [0, 0.1) is 0 Å². The monoisotopic (exact) mass is 438 g/mol. The first kappa shape index (κ1) is 22.7. The molecule has 7 heteroatoms. The van der Waals surface area contributed by atoms with Gasteiger partial charge < -0.3 is 20.1 Å². The lowest BCUT2D eigenvalue weighted by molar-refractivity contribution is 0.102. The molecule has 2 aromatic carbocycles. The van der Waals surface area contributed by atoms with Crippen LogP contribution < -0.4 is 10.6 Å². The Kier molecular flexibility index (Phi) is 8.35. The Bertz CT molecular complexity index is 952. The SMILES string of the molecule is CCOCc1cccc(NC(=O)c2ccc(C(=O)Nc3cccc(COCC)c3)s2)c1. The van der Waals surface area contributed by atoms with Gasteiger partial charge in [0.05, 0.1) is 23.0 Å². The number of benzene rings is 2. The average molecular weight is 439 g/mol. The number of carbonyl (C=O) groups is 2. The van der Waals surface area contributed by atoms with Gasteiger partial charge in [0, 0.05) is 24.6 Å². The summed E-state index contributed by atoms with van der Waals surface area (Å²) in [7, 11) is 0. The minimum atomic E-state index is -0.253. The molecule has 6 nitrogen and oxygen atoms in total. The predicted molar refractivity (Wildman–Crippen MR) is 124 cm³/mol. The number of thiophene rings is 1. The Labute approximate surface area is 186 Å². The molecule has 3 aromatic rings. The van der Waals surface area contributed by atoms with Crippen LogP contribution in [0.4, 0.5) is 11.4 Å². The Hall–Kier alpha value is -3.00. The maximum Gasteiger partial charge on any atom is 0.265 e. The van der Waals surface area contributed by atoms with E-state index in [0.717, 1.165) is 22.5 Å². The molecule has 3 rings (SSSR count). The summed E-state index contributed by atoms with van der Waals surface area (Å²) in [5.74, 6) is -0.507. The molecule has 1 aromatic heterocycles. The molecular formula is C24H26N2O4S. The first-order valence-electron chi connectivity index (χ1n) is 10.1. The van der Waals surface area contributed by atoms with E-state index in [4.69, 9.17) is 9.47 Å². The van der Waals surface area contributed by atoms with Gasteiger partial charge in [-0.1, -0.05) is 24.3 Å². The van der Waals surface area contributed by atoms with Crippen LogP contribution in [0.15, 0.2) is 60.7 Å². The number of hydrogen-bond donors (Lipinski definition) is 2. The van der Waals surface area contributed by atoms with E-state index in [9.17, 15) is 9.59 Å². The molecule has 0 atom stereocenters. The van der Waals surface area contributed by atoms with Crippen LogP contribution in [0.25, 0.3) is 0 Å². The Morgan fingerprint density at radius 1 is 0.742 bits per heavy atom. The minimum absolute atomic E-state index is 0.253. The maximum absolute atomic E-state index is 12.6. The van der Waals surface area contributed by atoms with E-state index in [2.05, 4.69) is 10.6 Å². The third kappa shape index (κ3) is 6.75. The summed E-state index contributed by atoms with van der Waals surface area (Å²) in [4.78, 5) is 26.1. The van der Waals surface area contributed by atoms with Crippen molar-refractivity contribution in [3.05, 3.63) is 81.5 Å². The molecular weight excluding hydrogens is 412 g/mol. The second-order valence-corrected chi connectivity index (χ2v) is 7.83. The van der Waals surface area contributed by atoms with E-state index in [1.54, 1.807) is 12.1 Å². The van der Waals surface area contributed by atoms with E-state index in [0.29, 0.717) is 47.6 Å². The van der Waals surface area contributed by atoms with Gasteiger partial charge in [-0.3, -0.25) is 9.59 Å². The van der Waals surface area contributed by atoms with Crippen molar-refractivity contribution in [3.8, 4) is 0 Å². The highest BCUT2D eigenvalue weighted by Crippen LogP contribution is 2.21. The van der Waals surface area contributed by atoms with Gasteiger partial charge in [-0.2, -0.15) is 0 Å². The molecule has 0 spiro atoms. The average Bonchev–Trinajstić information content (AvgIpc) is 3.27. The van der Waals surface area contributed by atoms with Crippen molar-refractivity contribution in [2.24, 2.45) is 0 Å². The van der Waals surface area contributed by atoms with Crippen molar-refractivity contribution < 1.29 is 19.1 Å². The summed E-state index contributed by atoms with van der Waals surface area (Å²) >= 11 is 1.15. The zero-order valence-corrected chi connectivity index (χ0v) is 18.5. The van der Waals surface area contributed by atoms with Crippen molar-refractivity contribution in [1.29, 1.82) is 0 Å². The van der Waals surface area contributed by atoms with Gasteiger partial charge in [0.25, 0.3) is 11.8 Å². The summed E-state index contributed by atoms with van der Waals surface area (Å²) in [6, 6.07) is 18.4. The molecule has 0 fully saturated rings. The lowest BCUT2D eigenvalue weighted by Gasteiger charge is -2.07. The van der Waals surface area contributed by atoms with Crippen molar-refractivity contribution >= 4 is 34.5 Å². The number of anilines is 2. The molecule has 0 aliphatic rings. The Morgan fingerprint density at radius 2 is 1.19 bits per heavy atom. The molecule has 31 heavy (non-hydrogen) atoms. The Morgan fingerprint density at radius 3 is 1.61 bits per heavy atom. The van der Waals surface area contributed by atoms with Crippen LogP contribution >= 0.6 is 11.3 Å². The molecule has 0 unspecified atom stereocenters. The fraction of sp³-hybridized carbons (Fsp3) is 0.250. The van der Waals surface area contributed by atoms with E-state index < -0.39 is 0 Å². The van der Waals surface area contributed by atoms with E-state index >= 15 is 0 Å². The highest BCUT2D eigenvalue weighted by Gasteiger charge is 2.14. The maximum atomic E-state index is 12.6. The largest absolute Gasteiger partial charge is 0.377 e. The molecule has 1 heterocycles. The highest BCUT2D eigenvalue weighted by molar-refractivity contribution is 7.16. The van der Waals surface area contributed by atoms with Crippen LogP contribution in [0.1, 0.15) is 44.3 Å². The normalized spacial score (nSPS) is 10.6. The Balaban J connectivity index is 1.61. The fourth-order valence-corrected chi connectivity index (χ4v) is 3.68. The standard InChI is InChI=1S/C24H26N2O4S/c1-3-29-15-17-7-5-9-19(13-17)25-23(27)21-11-12-22(31-21)24(28)26-20-10-6-8-18(14-20)16-30-4-2/h5-14H,3-4,15-16H2,1-2H3,(H,25,27)(H,26,28). The first-order valence-corrected chi connectivity index (χ1v) is 11.0. The summed E-state index contributed by atoms with van der Waals surface area (Å²) in [5, 5.41) is 5.75. The van der Waals surface area contributed by atoms with Crippen LogP contribution in [-0.4, -0.2) is 25.0 Å². The summed E-state index contributed by atoms with van der Waals surface area (Å²) in [6.07, 6.45) is 0. The molecule has 2 N–H and O–H groups in total. The number of hydrogen-bond acceptors (Lipinski definition) is 5. The van der Waals surface area contributed by atoms with E-state index in [1.807, 2.05) is 62.4 Å². The van der Waals surface area contributed by atoms with Crippen LogP contribution in [0.3, 0.4) is 0 Å². The van der Waals surface area contributed by atoms with Crippen molar-refractivity contribution in [1.82, 2.24) is 0 Å². The number of ether oxygens (including phenoxy) is 2. The minimum Gasteiger partial charge on any atom is -0.377 e. The van der Waals surface area contributed by atoms with Gasteiger partial charge in [-0.25, -0.2) is 0 Å². The van der Waals surface area contributed by atoms with Gasteiger partial charge in [-0.15, -0.1) is 11.3 Å². The molecule has 0 saturated carbocycles. The van der Waals surface area contributed by atoms with Crippen LogP contribution in [0.5, 0.6) is 0 Å². The predicted octanol–water partition coefficient (Wildman–Crippen LogP) is 5.33. The number of amides is 2. The second-order valence-electron chi connectivity index (χ2n) is 6.75. The smallest absolute Gasteiger partial charge is 0.265 e. The summed E-state index contributed by atoms with van der Waals surface area (Å²) in [5.41, 5.74) is 3.34. The van der Waals surface area contributed by atoms with E-state index in [-0.39, 0.29) is 11.8 Å². The van der Waals surface area contributed by atoms with Crippen LogP contribution in [0.2, 0.25) is 0 Å². The van der Waals surface area contributed by atoms with Crippen molar-refractivity contribution in [2.75, 3.05) is 23.8 Å². The first-order chi connectivity index (χ1) is 15.1. The second kappa shape index (κ2) is 11.4. The third-order valence-electron chi connectivity index (χ3n) is 4.37. The molecule has 0 bridgehead atoms.